The average molecular weight is 588 g/mol. The van der Waals surface area contributed by atoms with Gasteiger partial charge < -0.3 is 15.4 Å². The fraction of sp³-hybridized carbons (Fsp3) is 0.571. The Hall–Kier alpha value is -3.97. The van der Waals surface area contributed by atoms with Crippen LogP contribution in [-0.4, -0.2) is 61.5 Å². The molecule has 224 valence electrons. The van der Waals surface area contributed by atoms with Gasteiger partial charge in [-0.15, -0.1) is 0 Å². The average Bonchev–Trinajstić information content (AvgIpc) is 3.85. The summed E-state index contributed by atoms with van der Waals surface area (Å²) < 4.78 is 48.3. The van der Waals surface area contributed by atoms with Crippen molar-refractivity contribution >= 4 is 23.4 Å². The Balaban J connectivity index is 1.32. The molecular formula is C28H32F3N7O4. The Morgan fingerprint density at radius 3 is 2.52 bits per heavy atom. The number of nitrogens with zero attached hydrogens (tertiary/aromatic N) is 5. The molecule has 1 unspecified atom stereocenters. The number of rotatable bonds is 10. The van der Waals surface area contributed by atoms with Crippen molar-refractivity contribution in [2.45, 2.75) is 70.3 Å². The van der Waals surface area contributed by atoms with Crippen LogP contribution >= 0.6 is 0 Å². The molecule has 4 heterocycles. The highest BCUT2D eigenvalue weighted by atomic mass is 19.4. The number of carbonyl (C=O) groups excluding carboxylic acids is 3. The van der Waals surface area contributed by atoms with Crippen molar-refractivity contribution in [2.75, 3.05) is 7.11 Å². The quantitative estimate of drug-likeness (QED) is 0.275. The van der Waals surface area contributed by atoms with Crippen LogP contribution in [0.1, 0.15) is 66.8 Å². The molecule has 3 aliphatic rings. The first-order chi connectivity index (χ1) is 20.0. The Bertz CT molecular complexity index is 1510. The van der Waals surface area contributed by atoms with Gasteiger partial charge in [-0.25, -0.2) is 9.50 Å². The van der Waals surface area contributed by atoms with Gasteiger partial charge in [-0.05, 0) is 74.5 Å². The lowest BCUT2D eigenvalue weighted by atomic mass is 9.79. The van der Waals surface area contributed by atoms with Gasteiger partial charge in [0.1, 0.15) is 11.7 Å². The maximum atomic E-state index is 13.5. The van der Waals surface area contributed by atoms with Gasteiger partial charge in [-0.2, -0.15) is 23.4 Å². The number of alkyl halides is 3. The third-order valence-corrected chi connectivity index (χ3v) is 8.74. The summed E-state index contributed by atoms with van der Waals surface area (Å²) in [5, 5.41) is 13.7. The number of esters is 1. The second-order valence-electron chi connectivity index (χ2n) is 11.6. The van der Waals surface area contributed by atoms with Crippen LogP contribution in [0.4, 0.5) is 13.2 Å². The number of aryl methyl sites for hydroxylation is 1. The van der Waals surface area contributed by atoms with Crippen molar-refractivity contribution in [1.29, 1.82) is 0 Å². The van der Waals surface area contributed by atoms with Crippen molar-refractivity contribution in [1.82, 2.24) is 35.0 Å². The molecular weight excluding hydrogens is 555 g/mol. The summed E-state index contributed by atoms with van der Waals surface area (Å²) in [7, 11) is 1.04. The van der Waals surface area contributed by atoms with Gasteiger partial charge in [0.2, 0.25) is 5.91 Å². The Labute approximate surface area is 239 Å². The number of hydrogen-bond donors (Lipinski definition) is 2. The molecule has 2 N–H and O–H groups in total. The second kappa shape index (κ2) is 10.4. The lowest BCUT2D eigenvalue weighted by Crippen LogP contribution is -2.42. The van der Waals surface area contributed by atoms with E-state index in [0.717, 1.165) is 32.8 Å². The van der Waals surface area contributed by atoms with Crippen LogP contribution in [0.25, 0.3) is 5.65 Å². The van der Waals surface area contributed by atoms with E-state index in [0.29, 0.717) is 41.0 Å². The molecule has 0 spiro atoms. The number of imidazole rings is 1. The van der Waals surface area contributed by atoms with E-state index in [1.54, 1.807) is 29.2 Å². The third kappa shape index (κ3) is 5.11. The van der Waals surface area contributed by atoms with Crippen molar-refractivity contribution in [2.24, 2.45) is 23.2 Å². The number of methoxy groups -OCH3 is 1. The predicted molar refractivity (Wildman–Crippen MR) is 141 cm³/mol. The summed E-state index contributed by atoms with van der Waals surface area (Å²) in [6.45, 7) is 2.46. The van der Waals surface area contributed by atoms with Crippen LogP contribution in [-0.2, 0) is 27.3 Å². The van der Waals surface area contributed by atoms with E-state index in [4.69, 9.17) is 9.72 Å². The fourth-order valence-electron chi connectivity index (χ4n) is 6.36. The van der Waals surface area contributed by atoms with Crippen LogP contribution in [0.2, 0.25) is 0 Å². The molecule has 11 nitrogen and oxygen atoms in total. The summed E-state index contributed by atoms with van der Waals surface area (Å²) in [5.41, 5.74) is -0.227. The second-order valence-corrected chi connectivity index (χ2v) is 11.6. The molecule has 14 heteroatoms. The number of hydrogen-bond acceptors (Lipinski definition) is 7. The maximum absolute atomic E-state index is 13.5. The molecule has 0 aromatic carbocycles. The highest BCUT2D eigenvalue weighted by Gasteiger charge is 2.60. The smallest absolute Gasteiger partial charge is 0.408 e. The molecule has 2 amide bonds. The van der Waals surface area contributed by atoms with E-state index in [1.165, 1.54) is 10.7 Å². The molecule has 0 bridgehead atoms. The van der Waals surface area contributed by atoms with E-state index in [2.05, 4.69) is 15.5 Å². The van der Waals surface area contributed by atoms with Gasteiger partial charge in [0.25, 0.3) is 5.91 Å². The van der Waals surface area contributed by atoms with Gasteiger partial charge in [0.15, 0.2) is 11.1 Å². The van der Waals surface area contributed by atoms with Crippen LogP contribution in [0, 0.1) is 23.2 Å². The molecule has 6 rings (SSSR count). The number of halogens is 3. The minimum Gasteiger partial charge on any atom is -0.468 e. The Kier molecular flexibility index (Phi) is 6.97. The molecule has 0 radical (unpaired) electrons. The van der Waals surface area contributed by atoms with E-state index in [1.807, 2.05) is 12.2 Å². The minimum atomic E-state index is -4.71. The van der Waals surface area contributed by atoms with Gasteiger partial charge in [-0.3, -0.25) is 19.1 Å². The lowest BCUT2D eigenvalue weighted by molar-refractivity contribution is -0.159. The normalized spacial score (nSPS) is 23.3. The summed E-state index contributed by atoms with van der Waals surface area (Å²) in [5.74, 6) is -1.15. The zero-order chi connectivity index (χ0) is 29.8. The fourth-order valence-corrected chi connectivity index (χ4v) is 6.36. The maximum Gasteiger partial charge on any atom is 0.408 e. The van der Waals surface area contributed by atoms with E-state index in [-0.39, 0.29) is 24.3 Å². The van der Waals surface area contributed by atoms with E-state index >= 15 is 0 Å². The molecule has 1 aliphatic heterocycles. The number of nitrogens with one attached hydrogen (secondary N) is 2. The van der Waals surface area contributed by atoms with Crippen LogP contribution < -0.4 is 10.6 Å². The molecule has 2 saturated carbocycles. The van der Waals surface area contributed by atoms with Crippen LogP contribution in [0.3, 0.4) is 0 Å². The van der Waals surface area contributed by atoms with Crippen molar-refractivity contribution in [3.05, 3.63) is 47.7 Å². The number of fused-ring (bicyclic) bond motifs is 1. The summed E-state index contributed by atoms with van der Waals surface area (Å²) >= 11 is 0. The molecule has 3 fully saturated rings. The van der Waals surface area contributed by atoms with Crippen molar-refractivity contribution < 1.29 is 32.3 Å². The largest absolute Gasteiger partial charge is 0.468 e. The van der Waals surface area contributed by atoms with Crippen molar-refractivity contribution in [3.8, 4) is 0 Å². The molecule has 3 aromatic heterocycles. The lowest BCUT2D eigenvalue weighted by Gasteiger charge is -2.27. The van der Waals surface area contributed by atoms with Crippen LogP contribution in [0.15, 0.2) is 30.7 Å². The Morgan fingerprint density at radius 2 is 1.93 bits per heavy atom. The number of ether oxygens (including phenoxy) is 1. The van der Waals surface area contributed by atoms with Gasteiger partial charge in [-0.1, -0.05) is 0 Å². The number of amides is 2. The first kappa shape index (κ1) is 28.2. The van der Waals surface area contributed by atoms with Gasteiger partial charge in [0, 0.05) is 19.2 Å². The Morgan fingerprint density at radius 1 is 1.21 bits per heavy atom. The zero-order valence-electron chi connectivity index (χ0n) is 23.2. The standard InChI is InChI=1S/C28H32F3N7O4/c1-3-37-19(8-9-32-37)24(39)36-23(22(16-4-5-16)17-6-7-17)18-14-38-21(34-18)10-15(13-33-38)11-27(26(41)42-2)12-20(28(29,30)31)35-25(27)40/h8-10,13-14,16-17,20,22-23H,3-7,11-12H2,1-2H3,(H,35,40)(H,36,39)/t20-,23+,27?/m0/s1. The topological polar surface area (TPSA) is 133 Å². The first-order valence-corrected chi connectivity index (χ1v) is 14.2. The molecule has 2 aliphatic carbocycles. The number of carbonyl (C=O) groups is 3. The summed E-state index contributed by atoms with van der Waals surface area (Å²) in [6.07, 6.45) is 3.28. The van der Waals surface area contributed by atoms with Gasteiger partial charge in [0.05, 0.1) is 31.2 Å². The summed E-state index contributed by atoms with van der Waals surface area (Å²) in [4.78, 5) is 43.7. The molecule has 3 atom stereocenters. The highest BCUT2D eigenvalue weighted by Crippen LogP contribution is 2.54. The third-order valence-electron chi connectivity index (χ3n) is 8.74. The molecule has 3 aromatic rings. The number of aromatic nitrogens is 5. The van der Waals surface area contributed by atoms with Gasteiger partial charge >= 0.3 is 12.1 Å². The first-order valence-electron chi connectivity index (χ1n) is 14.2. The van der Waals surface area contributed by atoms with E-state index in [9.17, 15) is 27.6 Å². The van der Waals surface area contributed by atoms with Crippen molar-refractivity contribution in [3.63, 3.8) is 0 Å². The highest BCUT2D eigenvalue weighted by molar-refractivity contribution is 6.04. The monoisotopic (exact) mass is 587 g/mol. The van der Waals surface area contributed by atoms with E-state index < -0.39 is 35.9 Å². The molecule has 1 saturated heterocycles. The summed E-state index contributed by atoms with van der Waals surface area (Å²) in [6, 6.07) is 0.742. The zero-order valence-corrected chi connectivity index (χ0v) is 23.2. The van der Waals surface area contributed by atoms with Crippen LogP contribution in [0.5, 0.6) is 0 Å². The predicted octanol–water partition coefficient (Wildman–Crippen LogP) is 3.01. The minimum absolute atomic E-state index is 0.209. The SMILES string of the molecule is CCn1nccc1C(=O)N[C@H](c1cn2ncc(CC3(C(=O)OC)C[C@@H](C(F)(F)F)NC3=O)cc2n1)C(C1CC1)C1CC1. The molecule has 42 heavy (non-hydrogen) atoms.